The molecule has 5 heteroatoms. The van der Waals surface area contributed by atoms with E-state index in [9.17, 15) is 9.59 Å². The van der Waals surface area contributed by atoms with E-state index in [0.29, 0.717) is 13.2 Å². The Bertz CT molecular complexity index is 346. The number of rotatable bonds is 3. The number of carboxylic acids is 1. The summed E-state index contributed by atoms with van der Waals surface area (Å²) in [6, 6.07) is 0.105. The van der Waals surface area contributed by atoms with Crippen LogP contribution in [0.3, 0.4) is 0 Å². The molecular formula is C12H19NO4. The summed E-state index contributed by atoms with van der Waals surface area (Å²) in [6.07, 6.45) is 0.840. The highest BCUT2D eigenvalue weighted by Crippen LogP contribution is 2.59. The molecule has 0 bridgehead atoms. The lowest BCUT2D eigenvalue weighted by atomic mass is 10.1. The van der Waals surface area contributed by atoms with Gasteiger partial charge < -0.3 is 14.7 Å². The number of carbonyl (C=O) groups is 2. The Labute approximate surface area is 101 Å². The first-order valence-electron chi connectivity index (χ1n) is 5.94. The minimum Gasteiger partial charge on any atom is -0.481 e. The third-order valence-electron chi connectivity index (χ3n) is 4.16. The van der Waals surface area contributed by atoms with E-state index in [1.54, 1.807) is 11.9 Å². The van der Waals surface area contributed by atoms with E-state index in [2.05, 4.69) is 0 Å². The van der Waals surface area contributed by atoms with Crippen molar-refractivity contribution in [1.29, 1.82) is 0 Å². The lowest BCUT2D eigenvalue weighted by Crippen LogP contribution is -2.39. The van der Waals surface area contributed by atoms with E-state index in [0.717, 1.165) is 6.42 Å². The van der Waals surface area contributed by atoms with Crippen molar-refractivity contribution in [3.8, 4) is 0 Å². The topological polar surface area (TPSA) is 66.8 Å². The zero-order valence-corrected chi connectivity index (χ0v) is 10.5. The summed E-state index contributed by atoms with van der Waals surface area (Å²) in [5.41, 5.74) is -0.420. The van der Waals surface area contributed by atoms with Gasteiger partial charge in [-0.1, -0.05) is 13.8 Å². The minimum atomic E-state index is -0.871. The summed E-state index contributed by atoms with van der Waals surface area (Å²) in [7, 11) is 1.75. The van der Waals surface area contributed by atoms with Crippen molar-refractivity contribution in [2.75, 3.05) is 20.3 Å². The number of amides is 1. The summed E-state index contributed by atoms with van der Waals surface area (Å²) in [4.78, 5) is 24.9. The molecule has 1 saturated carbocycles. The standard InChI is InChI=1S/C12H19NO4/c1-12(2)8(9(12)11(15)16)10(14)13(3)7-4-5-17-6-7/h7-9H,4-6H2,1-3H3,(H,15,16)/t7?,8-,9+/m0/s1. The number of aliphatic carboxylic acids is 1. The van der Waals surface area contributed by atoms with E-state index < -0.39 is 17.3 Å². The Balaban J connectivity index is 2.03. The van der Waals surface area contributed by atoms with Crippen molar-refractivity contribution in [3.05, 3.63) is 0 Å². The smallest absolute Gasteiger partial charge is 0.307 e. The van der Waals surface area contributed by atoms with Gasteiger partial charge in [-0.05, 0) is 11.8 Å². The predicted octanol–water partition coefficient (Wildman–Crippen LogP) is 0.590. The number of hydrogen-bond donors (Lipinski definition) is 1. The maximum atomic E-state index is 12.2. The first-order valence-corrected chi connectivity index (χ1v) is 5.94. The number of nitrogens with zero attached hydrogens (tertiary/aromatic N) is 1. The van der Waals surface area contributed by atoms with Crippen LogP contribution in [0.5, 0.6) is 0 Å². The summed E-state index contributed by atoms with van der Waals surface area (Å²) in [5.74, 6) is -1.85. The molecule has 3 atom stereocenters. The monoisotopic (exact) mass is 241 g/mol. The van der Waals surface area contributed by atoms with Crippen molar-refractivity contribution in [3.63, 3.8) is 0 Å². The Morgan fingerprint density at radius 1 is 1.35 bits per heavy atom. The molecule has 2 aliphatic rings. The van der Waals surface area contributed by atoms with Crippen molar-refractivity contribution in [2.45, 2.75) is 26.3 Å². The van der Waals surface area contributed by atoms with Crippen LogP contribution in [0.1, 0.15) is 20.3 Å². The zero-order chi connectivity index (χ0) is 12.8. The average molecular weight is 241 g/mol. The van der Waals surface area contributed by atoms with Crippen LogP contribution >= 0.6 is 0 Å². The van der Waals surface area contributed by atoms with Gasteiger partial charge in [-0.15, -0.1) is 0 Å². The van der Waals surface area contributed by atoms with Crippen LogP contribution < -0.4 is 0 Å². The predicted molar refractivity (Wildman–Crippen MR) is 60.4 cm³/mol. The Hall–Kier alpha value is -1.10. The van der Waals surface area contributed by atoms with Gasteiger partial charge in [0.15, 0.2) is 0 Å². The maximum Gasteiger partial charge on any atom is 0.307 e. The number of carboxylic acid groups (broad SMARTS) is 1. The van der Waals surface area contributed by atoms with Crippen molar-refractivity contribution in [1.82, 2.24) is 4.90 Å². The van der Waals surface area contributed by atoms with E-state index >= 15 is 0 Å². The number of hydrogen-bond acceptors (Lipinski definition) is 3. The summed E-state index contributed by atoms with van der Waals surface area (Å²) in [5, 5.41) is 9.06. The molecule has 0 aromatic heterocycles. The lowest BCUT2D eigenvalue weighted by Gasteiger charge is -2.23. The molecule has 2 fully saturated rings. The largest absolute Gasteiger partial charge is 0.481 e. The van der Waals surface area contributed by atoms with E-state index in [1.165, 1.54) is 0 Å². The minimum absolute atomic E-state index is 0.0575. The number of likely N-dealkylation sites (N-methyl/N-ethyl adjacent to an activating group) is 1. The molecule has 96 valence electrons. The van der Waals surface area contributed by atoms with Crippen LogP contribution in [0.15, 0.2) is 0 Å². The summed E-state index contributed by atoms with van der Waals surface area (Å²) >= 11 is 0. The Morgan fingerprint density at radius 2 is 2.00 bits per heavy atom. The fourth-order valence-corrected chi connectivity index (χ4v) is 2.79. The molecule has 0 radical (unpaired) electrons. The maximum absolute atomic E-state index is 12.2. The molecule has 1 saturated heterocycles. The van der Waals surface area contributed by atoms with Gasteiger partial charge in [-0.25, -0.2) is 0 Å². The van der Waals surface area contributed by atoms with Crippen LogP contribution in [0.25, 0.3) is 0 Å². The molecular weight excluding hydrogens is 222 g/mol. The van der Waals surface area contributed by atoms with Gasteiger partial charge in [0.25, 0.3) is 0 Å². The average Bonchev–Trinajstić information content (AvgIpc) is 2.69. The molecule has 1 N–H and O–H groups in total. The summed E-state index contributed by atoms with van der Waals surface area (Å²) in [6.45, 7) is 4.92. The molecule has 1 amide bonds. The van der Waals surface area contributed by atoms with E-state index in [-0.39, 0.29) is 17.9 Å². The molecule has 2 rings (SSSR count). The van der Waals surface area contributed by atoms with Gasteiger partial charge in [0.2, 0.25) is 5.91 Å². The summed E-state index contributed by atoms with van der Waals surface area (Å²) < 4.78 is 5.24. The molecule has 0 spiro atoms. The number of ether oxygens (including phenoxy) is 1. The van der Waals surface area contributed by atoms with E-state index in [4.69, 9.17) is 9.84 Å². The normalized spacial score (nSPS) is 34.4. The fraction of sp³-hybridized carbons (Fsp3) is 0.833. The third kappa shape index (κ3) is 1.92. The van der Waals surface area contributed by atoms with Crippen LogP contribution in [0.2, 0.25) is 0 Å². The second-order valence-electron chi connectivity index (χ2n) is 5.58. The highest BCUT2D eigenvalue weighted by molar-refractivity contribution is 5.91. The van der Waals surface area contributed by atoms with Gasteiger partial charge in [-0.2, -0.15) is 0 Å². The Kier molecular flexibility index (Phi) is 2.89. The SMILES string of the molecule is CN(C(=O)[C@@H]1[C@H](C(=O)O)C1(C)C)C1CCOC1. The molecule has 0 aromatic rings. The molecule has 0 aromatic carbocycles. The zero-order valence-electron chi connectivity index (χ0n) is 10.5. The van der Waals surface area contributed by atoms with Gasteiger partial charge in [0, 0.05) is 13.7 Å². The van der Waals surface area contributed by atoms with E-state index in [1.807, 2.05) is 13.8 Å². The number of carbonyl (C=O) groups excluding carboxylic acids is 1. The quantitative estimate of drug-likeness (QED) is 0.785. The fourth-order valence-electron chi connectivity index (χ4n) is 2.79. The Morgan fingerprint density at radius 3 is 2.41 bits per heavy atom. The first kappa shape index (κ1) is 12.4. The van der Waals surface area contributed by atoms with Crippen molar-refractivity contribution in [2.24, 2.45) is 17.3 Å². The third-order valence-corrected chi connectivity index (χ3v) is 4.16. The van der Waals surface area contributed by atoms with Gasteiger partial charge >= 0.3 is 5.97 Å². The van der Waals surface area contributed by atoms with Gasteiger partial charge in [0.1, 0.15) is 0 Å². The van der Waals surface area contributed by atoms with Crippen LogP contribution in [-0.4, -0.2) is 48.2 Å². The van der Waals surface area contributed by atoms with Gasteiger partial charge in [0.05, 0.1) is 24.5 Å². The second-order valence-corrected chi connectivity index (χ2v) is 5.58. The molecule has 1 unspecified atom stereocenters. The van der Waals surface area contributed by atoms with Crippen molar-refractivity contribution < 1.29 is 19.4 Å². The molecule has 1 heterocycles. The van der Waals surface area contributed by atoms with Crippen LogP contribution in [0, 0.1) is 17.3 Å². The van der Waals surface area contributed by atoms with Gasteiger partial charge in [-0.3, -0.25) is 9.59 Å². The highest BCUT2D eigenvalue weighted by Gasteiger charge is 2.66. The molecule has 1 aliphatic heterocycles. The van der Waals surface area contributed by atoms with Crippen molar-refractivity contribution >= 4 is 11.9 Å². The molecule has 1 aliphatic carbocycles. The molecule has 17 heavy (non-hydrogen) atoms. The van der Waals surface area contributed by atoms with Crippen LogP contribution in [-0.2, 0) is 14.3 Å². The van der Waals surface area contributed by atoms with Crippen LogP contribution in [0.4, 0.5) is 0 Å². The lowest BCUT2D eigenvalue weighted by molar-refractivity contribution is -0.142. The molecule has 5 nitrogen and oxygen atoms in total. The first-order chi connectivity index (χ1) is 7.87. The second kappa shape index (κ2) is 3.98. The highest BCUT2D eigenvalue weighted by atomic mass is 16.5.